The number of phosphoric acid groups is 1. The molecule has 4 aliphatic heterocycles. The fraction of sp³-hybridized carbons (Fsp3) is 0.457. The van der Waals surface area contributed by atoms with Crippen molar-refractivity contribution >= 4 is 25.4 Å². The lowest BCUT2D eigenvalue weighted by Gasteiger charge is -2.47. The van der Waals surface area contributed by atoms with Gasteiger partial charge in [0.25, 0.3) is 0 Å². The molecule has 1 aliphatic carbocycles. The number of hydrogen-bond acceptors (Lipinski definition) is 14. The molecular formula is C35H38ClO16P. The summed E-state index contributed by atoms with van der Waals surface area (Å²) in [5, 5.41) is 22.8. The van der Waals surface area contributed by atoms with Crippen molar-refractivity contribution < 1.29 is 76.5 Å². The summed E-state index contributed by atoms with van der Waals surface area (Å²) in [5.41, 5.74) is 1.65. The zero-order valence-corrected chi connectivity index (χ0v) is 30.3. The van der Waals surface area contributed by atoms with Gasteiger partial charge in [-0.2, -0.15) is 0 Å². The van der Waals surface area contributed by atoms with E-state index in [2.05, 4.69) is 0 Å². The number of halogens is 1. The first-order valence-electron chi connectivity index (χ1n) is 16.6. The van der Waals surface area contributed by atoms with E-state index < -0.39 is 74.6 Å². The Kier molecular flexibility index (Phi) is 10.8. The van der Waals surface area contributed by atoms with Gasteiger partial charge < -0.3 is 57.4 Å². The zero-order chi connectivity index (χ0) is 37.6. The van der Waals surface area contributed by atoms with E-state index >= 15 is 0 Å². The number of carbonyl (C=O) groups excluding carboxylic acids is 1. The Balaban J connectivity index is 0.000000559. The van der Waals surface area contributed by atoms with E-state index in [1.165, 1.54) is 26.4 Å². The second-order valence-electron chi connectivity index (χ2n) is 12.8. The van der Waals surface area contributed by atoms with Crippen LogP contribution >= 0.6 is 19.4 Å². The highest BCUT2D eigenvalue weighted by atomic mass is 35.5. The van der Waals surface area contributed by atoms with Gasteiger partial charge in [0, 0.05) is 16.9 Å². The molecule has 286 valence electrons. The maximum Gasteiger partial charge on any atom is 0.525 e. The zero-order valence-electron chi connectivity index (χ0n) is 28.6. The number of cyclic esters (lactones) is 1. The molecule has 3 fully saturated rings. The summed E-state index contributed by atoms with van der Waals surface area (Å²) >= 11 is 5.54. The molecule has 0 amide bonds. The Labute approximate surface area is 308 Å². The molecule has 53 heavy (non-hydrogen) atoms. The second-order valence-corrected chi connectivity index (χ2v) is 14.4. The highest BCUT2D eigenvalue weighted by Crippen LogP contribution is 2.58. The number of ether oxygens (including phenoxy) is 9. The van der Waals surface area contributed by atoms with Crippen molar-refractivity contribution in [3.8, 4) is 28.7 Å². The summed E-state index contributed by atoms with van der Waals surface area (Å²) in [6.07, 6.45) is -7.18. The minimum atomic E-state index is -5.00. The van der Waals surface area contributed by atoms with Crippen LogP contribution in [0.2, 0.25) is 5.02 Å². The quantitative estimate of drug-likeness (QED) is 0.200. The summed E-state index contributed by atoms with van der Waals surface area (Å²) in [4.78, 5) is 32.5. The van der Waals surface area contributed by atoms with Gasteiger partial charge in [-0.05, 0) is 60.0 Å². The number of aliphatic hydroxyl groups is 2. The SMILES string of the molecule is COc1cc([C@@H]2c3cc4c(cc3[C@@H](O[C@@H]3O[C@@H]5CO[C@@H](C)O[C@H]5[C@H](O)[C@H]3O)[C@H]3COC(=O)[C@H]23)OCO4)cc(OC)c1OP(=O)(O)O.Clc1ccccc1. The maximum atomic E-state index is 13.5. The smallest absolute Gasteiger partial charge is 0.493 e. The first-order valence-corrected chi connectivity index (χ1v) is 18.5. The molecule has 10 atom stereocenters. The average molecular weight is 781 g/mol. The number of esters is 1. The summed E-state index contributed by atoms with van der Waals surface area (Å²) in [7, 11) is -2.40. The van der Waals surface area contributed by atoms with Crippen molar-refractivity contribution in [2.75, 3.05) is 34.2 Å². The number of phosphoric ester groups is 1. The van der Waals surface area contributed by atoms with Crippen LogP contribution in [0.25, 0.3) is 0 Å². The van der Waals surface area contributed by atoms with Crippen LogP contribution < -0.4 is 23.5 Å². The fourth-order valence-electron chi connectivity index (χ4n) is 7.35. The van der Waals surface area contributed by atoms with Crippen LogP contribution in [-0.4, -0.2) is 97.2 Å². The third-order valence-electron chi connectivity index (χ3n) is 9.67. The van der Waals surface area contributed by atoms with Gasteiger partial charge in [0.05, 0.1) is 39.5 Å². The van der Waals surface area contributed by atoms with Crippen LogP contribution in [0, 0.1) is 11.8 Å². The average Bonchev–Trinajstić information content (AvgIpc) is 3.76. The van der Waals surface area contributed by atoms with Gasteiger partial charge in [0.2, 0.25) is 12.5 Å². The lowest BCUT2D eigenvalue weighted by atomic mass is 9.66. The van der Waals surface area contributed by atoms with Crippen molar-refractivity contribution in [1.29, 1.82) is 0 Å². The lowest BCUT2D eigenvalue weighted by molar-refractivity contribution is -0.364. The molecule has 8 rings (SSSR count). The number of benzene rings is 3. The molecule has 3 aromatic carbocycles. The van der Waals surface area contributed by atoms with Gasteiger partial charge in [-0.3, -0.25) is 14.6 Å². The molecule has 16 nitrogen and oxygen atoms in total. The molecule has 18 heteroatoms. The van der Waals surface area contributed by atoms with Crippen LogP contribution in [0.1, 0.15) is 35.6 Å². The molecule has 0 aromatic heterocycles. The number of rotatable bonds is 7. The first kappa shape index (κ1) is 37.6. The topological polar surface area (TPSA) is 207 Å². The maximum absolute atomic E-state index is 13.5. The van der Waals surface area contributed by atoms with Crippen molar-refractivity contribution in [2.24, 2.45) is 11.8 Å². The normalized spacial score (nSPS) is 31.2. The molecule has 0 spiro atoms. The van der Waals surface area contributed by atoms with E-state index in [0.29, 0.717) is 28.2 Å². The molecule has 0 unspecified atom stereocenters. The molecular weight excluding hydrogens is 743 g/mol. The van der Waals surface area contributed by atoms with E-state index in [1.54, 1.807) is 19.1 Å². The fourth-order valence-corrected chi connectivity index (χ4v) is 7.91. The Morgan fingerprint density at radius 1 is 0.868 bits per heavy atom. The van der Waals surface area contributed by atoms with Crippen LogP contribution in [0.5, 0.6) is 28.7 Å². The first-order chi connectivity index (χ1) is 25.4. The summed E-state index contributed by atoms with van der Waals surface area (Å²) < 4.78 is 68.1. The standard InChI is InChI=1S/C29H33O16P.C6H5Cl/c1-11-38-9-20-27(42-11)23(30)24(31)29(43-20)44-25-14-7-17-16(40-10-41-17)6-13(14)21(22-15(25)8-39-28(22)32)12-4-18(36-2)26(19(5-12)37-3)45-46(33,34)35;7-6-4-2-1-3-5-6/h4-7,11,15,20-25,27,29-31H,8-10H2,1-3H3,(H2,33,34,35);1-5H/t11-,15+,20-,21-,22+,23-,24-,25-,27-,29+;/m1./s1. The van der Waals surface area contributed by atoms with E-state index in [1.807, 2.05) is 30.3 Å². The molecule has 0 saturated carbocycles. The van der Waals surface area contributed by atoms with E-state index in [9.17, 15) is 29.4 Å². The Morgan fingerprint density at radius 2 is 1.53 bits per heavy atom. The van der Waals surface area contributed by atoms with Crippen LogP contribution in [-0.2, 0) is 33.0 Å². The van der Waals surface area contributed by atoms with Crippen LogP contribution in [0.15, 0.2) is 54.6 Å². The van der Waals surface area contributed by atoms with Crippen LogP contribution in [0.3, 0.4) is 0 Å². The lowest BCUT2D eigenvalue weighted by Crippen LogP contribution is -2.63. The van der Waals surface area contributed by atoms with E-state index in [4.69, 9.17) is 58.8 Å². The van der Waals surface area contributed by atoms with Crippen molar-refractivity contribution in [3.05, 3.63) is 76.3 Å². The minimum absolute atomic E-state index is 0.0303. The van der Waals surface area contributed by atoms with E-state index in [-0.39, 0.29) is 37.3 Å². The van der Waals surface area contributed by atoms with Gasteiger partial charge in [0.15, 0.2) is 35.6 Å². The van der Waals surface area contributed by atoms with Crippen molar-refractivity contribution in [2.45, 2.75) is 55.9 Å². The minimum Gasteiger partial charge on any atom is -0.493 e. The predicted molar refractivity (Wildman–Crippen MR) is 181 cm³/mol. The van der Waals surface area contributed by atoms with Gasteiger partial charge >= 0.3 is 13.8 Å². The number of methoxy groups -OCH3 is 2. The van der Waals surface area contributed by atoms with E-state index in [0.717, 1.165) is 5.02 Å². The third-order valence-corrected chi connectivity index (χ3v) is 10.3. The largest absolute Gasteiger partial charge is 0.525 e. The second kappa shape index (κ2) is 15.2. The highest BCUT2D eigenvalue weighted by molar-refractivity contribution is 7.46. The summed E-state index contributed by atoms with van der Waals surface area (Å²) in [6, 6.07) is 15.9. The number of carbonyl (C=O) groups is 1. The Bertz CT molecular complexity index is 1830. The Morgan fingerprint density at radius 3 is 2.13 bits per heavy atom. The van der Waals surface area contributed by atoms with Gasteiger partial charge in [-0.25, -0.2) is 4.57 Å². The van der Waals surface area contributed by atoms with Gasteiger partial charge in [-0.15, -0.1) is 0 Å². The molecule has 3 aromatic rings. The number of aliphatic hydroxyl groups excluding tert-OH is 2. The molecule has 3 saturated heterocycles. The van der Waals surface area contributed by atoms with Gasteiger partial charge in [-0.1, -0.05) is 29.8 Å². The molecule has 4 N–H and O–H groups in total. The highest BCUT2D eigenvalue weighted by Gasteiger charge is 2.56. The summed E-state index contributed by atoms with van der Waals surface area (Å²) in [6.45, 7) is 1.72. The third kappa shape index (κ3) is 7.54. The molecule has 4 heterocycles. The molecule has 0 radical (unpaired) electrons. The van der Waals surface area contributed by atoms with Crippen LogP contribution in [0.4, 0.5) is 0 Å². The van der Waals surface area contributed by atoms with Gasteiger partial charge in [0.1, 0.15) is 24.4 Å². The number of hydrogen-bond donors (Lipinski definition) is 4. The summed E-state index contributed by atoms with van der Waals surface area (Å²) in [5.74, 6) is -2.25. The molecule has 0 bridgehead atoms. The predicted octanol–water partition coefficient (Wildman–Crippen LogP) is 3.44. The monoisotopic (exact) mass is 780 g/mol. The Hall–Kier alpha value is -3.67. The number of fused-ring (bicyclic) bond motifs is 4. The van der Waals surface area contributed by atoms with Crippen molar-refractivity contribution in [3.63, 3.8) is 0 Å². The van der Waals surface area contributed by atoms with Crippen molar-refractivity contribution in [1.82, 2.24) is 0 Å². The molecule has 5 aliphatic rings.